The number of hydrogen-bond acceptors (Lipinski definition) is 9. The van der Waals surface area contributed by atoms with Crippen LogP contribution in [0.3, 0.4) is 0 Å². The maximum Gasteiger partial charge on any atom is 0.321 e. The predicted octanol–water partition coefficient (Wildman–Crippen LogP) is 5.54. The zero-order valence-electron chi connectivity index (χ0n) is 31.7. The summed E-state index contributed by atoms with van der Waals surface area (Å²) in [6.07, 6.45) is 5.09. The van der Waals surface area contributed by atoms with Crippen molar-refractivity contribution in [3.8, 4) is 0 Å². The second kappa shape index (κ2) is 20.9. The topological polar surface area (TPSA) is 137 Å². The summed E-state index contributed by atoms with van der Waals surface area (Å²) in [5.41, 5.74) is 3.35. The van der Waals surface area contributed by atoms with Crippen LogP contribution in [0.15, 0.2) is 97.3 Å². The van der Waals surface area contributed by atoms with Gasteiger partial charge in [0.2, 0.25) is 5.95 Å². The quantitative estimate of drug-likeness (QED) is 0.0783. The Kier molecular flexibility index (Phi) is 15.2. The van der Waals surface area contributed by atoms with Crippen LogP contribution in [-0.2, 0) is 47.8 Å². The highest BCUT2D eigenvalue weighted by Gasteiger charge is 2.50. The van der Waals surface area contributed by atoms with Gasteiger partial charge in [0.05, 0.1) is 38.5 Å². The second-order valence-electron chi connectivity index (χ2n) is 13.9. The van der Waals surface area contributed by atoms with E-state index >= 15 is 4.79 Å². The molecule has 2 fully saturated rings. The average Bonchev–Trinajstić information content (AvgIpc) is 3.91. The number of benzene rings is 3. The summed E-state index contributed by atoms with van der Waals surface area (Å²) < 4.78 is 35.8. The molecular formula is C42H53N5O8. The normalized spacial score (nSPS) is 20.1. The van der Waals surface area contributed by atoms with Crippen LogP contribution in [0.25, 0.3) is 0 Å². The van der Waals surface area contributed by atoms with Crippen molar-refractivity contribution in [2.75, 3.05) is 66.1 Å². The Balaban J connectivity index is 1.42. The Labute approximate surface area is 323 Å². The molecule has 4 atom stereocenters. The van der Waals surface area contributed by atoms with Crippen molar-refractivity contribution >= 4 is 17.9 Å². The summed E-state index contributed by atoms with van der Waals surface area (Å²) in [5.74, 6) is 0.430. The van der Waals surface area contributed by atoms with Gasteiger partial charge in [-0.15, -0.1) is 0 Å². The van der Waals surface area contributed by atoms with Gasteiger partial charge in [0, 0.05) is 45.3 Å². The summed E-state index contributed by atoms with van der Waals surface area (Å²) in [4.78, 5) is 39.7. The largest absolute Gasteiger partial charge is 0.382 e. The molecule has 0 unspecified atom stereocenters. The molecular weight excluding hydrogens is 702 g/mol. The van der Waals surface area contributed by atoms with Crippen LogP contribution in [-0.4, -0.2) is 117 Å². The molecule has 1 aliphatic carbocycles. The number of nitrogens with zero attached hydrogens (tertiary/aromatic N) is 3. The molecule has 55 heavy (non-hydrogen) atoms. The summed E-state index contributed by atoms with van der Waals surface area (Å²) in [5, 5.41) is 2.80. The SMILES string of the molecule is COCCOCO[C@@H]1[C@@H](OCOCCOC)[C@@H](Cc2ccccc2)N(CC2CC2)C(=O)N(Cc2cccc(C(=O)Nc3ncc[nH]3)c2)[C@@H]1Cc1ccccc1. The van der Waals surface area contributed by atoms with Gasteiger partial charge in [0.25, 0.3) is 5.91 Å². The first-order valence-corrected chi connectivity index (χ1v) is 19.0. The summed E-state index contributed by atoms with van der Waals surface area (Å²) in [6.45, 7) is 2.28. The minimum atomic E-state index is -0.652. The zero-order chi connectivity index (χ0) is 38.2. The van der Waals surface area contributed by atoms with E-state index in [0.29, 0.717) is 63.2 Å². The number of ether oxygens (including phenoxy) is 6. The Hall–Kier alpha value is -4.63. The van der Waals surface area contributed by atoms with Crippen LogP contribution >= 0.6 is 0 Å². The van der Waals surface area contributed by atoms with Crippen LogP contribution in [0.1, 0.15) is 39.9 Å². The fourth-order valence-corrected chi connectivity index (χ4v) is 6.97. The third-order valence-corrected chi connectivity index (χ3v) is 9.92. The lowest BCUT2D eigenvalue weighted by molar-refractivity contribution is -0.192. The molecule has 13 heteroatoms. The van der Waals surface area contributed by atoms with Crippen LogP contribution in [0.2, 0.25) is 0 Å². The lowest BCUT2D eigenvalue weighted by atomic mass is 9.90. The van der Waals surface area contributed by atoms with Crippen molar-refractivity contribution in [3.63, 3.8) is 0 Å². The van der Waals surface area contributed by atoms with Crippen molar-refractivity contribution in [2.24, 2.45) is 5.92 Å². The lowest BCUT2D eigenvalue weighted by Gasteiger charge is -2.38. The van der Waals surface area contributed by atoms with E-state index in [0.717, 1.165) is 29.5 Å². The highest BCUT2D eigenvalue weighted by molar-refractivity contribution is 6.03. The average molecular weight is 756 g/mol. The van der Waals surface area contributed by atoms with Gasteiger partial charge in [-0.3, -0.25) is 10.1 Å². The second-order valence-corrected chi connectivity index (χ2v) is 13.9. The lowest BCUT2D eigenvalue weighted by Crippen LogP contribution is -2.53. The van der Waals surface area contributed by atoms with Gasteiger partial charge >= 0.3 is 6.03 Å². The number of H-pyrrole nitrogens is 1. The molecule has 294 valence electrons. The number of urea groups is 1. The molecule has 13 nitrogen and oxygen atoms in total. The third kappa shape index (κ3) is 11.7. The number of methoxy groups -OCH3 is 2. The van der Waals surface area contributed by atoms with Crippen LogP contribution in [0.5, 0.6) is 0 Å². The standard InChI is InChI=1S/C42H53N5O8/c1-50-20-22-52-29-54-38-36(25-31-10-5-3-6-11-31)46(27-33-16-17-33)42(49)47(28-34-14-9-15-35(24-34)40(48)45-41-43-18-19-44-41)37(26-32-12-7-4-8-13-32)39(38)55-30-53-23-21-51-2/h3-15,18-19,24,33,36-39H,16-17,20-23,25-30H2,1-2H3,(H2,43,44,45,48)/t36-,37-,38+,39+/m1/s1. The van der Waals surface area contributed by atoms with Gasteiger partial charge < -0.3 is 43.2 Å². The van der Waals surface area contributed by atoms with Gasteiger partial charge in [-0.25, -0.2) is 9.78 Å². The number of rotatable bonds is 22. The van der Waals surface area contributed by atoms with E-state index in [1.54, 1.807) is 32.7 Å². The monoisotopic (exact) mass is 755 g/mol. The van der Waals surface area contributed by atoms with Crippen molar-refractivity contribution < 1.29 is 38.0 Å². The number of amides is 3. The zero-order valence-corrected chi connectivity index (χ0v) is 31.7. The maximum atomic E-state index is 15.4. The van der Waals surface area contributed by atoms with E-state index in [4.69, 9.17) is 28.4 Å². The Morgan fingerprint density at radius 2 is 1.35 bits per heavy atom. The van der Waals surface area contributed by atoms with E-state index in [2.05, 4.69) is 39.6 Å². The number of aromatic amines is 1. The van der Waals surface area contributed by atoms with Crippen molar-refractivity contribution in [1.29, 1.82) is 0 Å². The van der Waals surface area contributed by atoms with Crippen LogP contribution in [0, 0.1) is 5.92 Å². The molecule has 0 radical (unpaired) electrons. The molecule has 3 amide bonds. The molecule has 1 aromatic heterocycles. The highest BCUT2D eigenvalue weighted by Crippen LogP contribution is 2.36. The van der Waals surface area contributed by atoms with E-state index in [-0.39, 0.29) is 32.1 Å². The highest BCUT2D eigenvalue weighted by atomic mass is 16.7. The summed E-state index contributed by atoms with van der Waals surface area (Å²) in [7, 11) is 3.25. The molecule has 4 aromatic rings. The van der Waals surface area contributed by atoms with Gasteiger partial charge in [-0.1, -0.05) is 72.8 Å². The van der Waals surface area contributed by atoms with Gasteiger partial charge in [0.1, 0.15) is 25.8 Å². The first-order chi connectivity index (χ1) is 27.0. The first kappa shape index (κ1) is 40.0. The number of carbonyl (C=O) groups is 2. The molecule has 3 aromatic carbocycles. The molecule has 1 saturated carbocycles. The van der Waals surface area contributed by atoms with E-state index in [1.165, 1.54) is 0 Å². The maximum absolute atomic E-state index is 15.4. The van der Waals surface area contributed by atoms with Crippen LogP contribution < -0.4 is 5.32 Å². The van der Waals surface area contributed by atoms with Crippen molar-refractivity contribution in [1.82, 2.24) is 19.8 Å². The molecule has 2 N–H and O–H groups in total. The number of anilines is 1. The molecule has 0 bridgehead atoms. The molecule has 2 aliphatic rings. The van der Waals surface area contributed by atoms with Gasteiger partial charge in [-0.05, 0) is 60.4 Å². The van der Waals surface area contributed by atoms with Crippen molar-refractivity contribution in [3.05, 3.63) is 120 Å². The molecule has 2 heterocycles. The van der Waals surface area contributed by atoms with Crippen molar-refractivity contribution in [2.45, 2.75) is 56.5 Å². The Morgan fingerprint density at radius 3 is 1.89 bits per heavy atom. The van der Waals surface area contributed by atoms with E-state index < -0.39 is 24.3 Å². The molecule has 1 saturated heterocycles. The third-order valence-electron chi connectivity index (χ3n) is 9.92. The number of aromatic nitrogens is 2. The molecule has 6 rings (SSSR count). The minimum absolute atomic E-state index is 0.0138. The predicted molar refractivity (Wildman–Crippen MR) is 206 cm³/mol. The molecule has 0 spiro atoms. The van der Waals surface area contributed by atoms with E-state index in [1.807, 2.05) is 64.4 Å². The van der Waals surface area contributed by atoms with Gasteiger partial charge in [0.15, 0.2) is 0 Å². The Bertz CT molecular complexity index is 1730. The minimum Gasteiger partial charge on any atom is -0.382 e. The number of hydrogen-bond donors (Lipinski definition) is 2. The molecule has 1 aliphatic heterocycles. The fraction of sp³-hybridized carbons (Fsp3) is 0.452. The van der Waals surface area contributed by atoms with E-state index in [9.17, 15) is 4.79 Å². The number of nitrogens with one attached hydrogen (secondary N) is 2. The number of imidazole rings is 1. The Morgan fingerprint density at radius 1 is 0.764 bits per heavy atom. The number of carbonyl (C=O) groups excluding carboxylic acids is 2. The fourth-order valence-electron chi connectivity index (χ4n) is 6.97. The first-order valence-electron chi connectivity index (χ1n) is 19.0. The summed E-state index contributed by atoms with van der Waals surface area (Å²) >= 11 is 0. The van der Waals surface area contributed by atoms with Crippen LogP contribution in [0.4, 0.5) is 10.7 Å². The summed E-state index contributed by atoms with van der Waals surface area (Å²) in [6, 6.07) is 26.6. The smallest absolute Gasteiger partial charge is 0.321 e. The van der Waals surface area contributed by atoms with Gasteiger partial charge in [-0.2, -0.15) is 0 Å².